The average molecular weight is 523 g/mol. The van der Waals surface area contributed by atoms with Crippen LogP contribution in [0.2, 0.25) is 0 Å². The van der Waals surface area contributed by atoms with E-state index >= 15 is 0 Å². The molecule has 1 amide bonds. The third-order valence-electron chi connectivity index (χ3n) is 6.83. The smallest absolute Gasteiger partial charge is 0.410 e. The molecule has 1 saturated heterocycles. The minimum atomic E-state index is -4.06. The van der Waals surface area contributed by atoms with Gasteiger partial charge >= 0.3 is 6.09 Å². The van der Waals surface area contributed by atoms with Gasteiger partial charge in [-0.2, -0.15) is 4.31 Å². The van der Waals surface area contributed by atoms with Gasteiger partial charge in [0.1, 0.15) is 22.0 Å². The highest BCUT2D eigenvalue weighted by Crippen LogP contribution is 2.46. The third-order valence-corrected chi connectivity index (χ3v) is 8.85. The van der Waals surface area contributed by atoms with E-state index in [2.05, 4.69) is 6.92 Å². The normalized spacial score (nSPS) is 19.8. The molecule has 1 fully saturated rings. The summed E-state index contributed by atoms with van der Waals surface area (Å²) < 4.78 is 34.6. The lowest BCUT2D eigenvalue weighted by Crippen LogP contribution is -2.51. The Morgan fingerprint density at radius 3 is 2.39 bits per heavy atom. The van der Waals surface area contributed by atoms with Gasteiger partial charge in [0.05, 0.1) is 0 Å². The molecule has 1 aromatic rings. The van der Waals surface area contributed by atoms with Crippen LogP contribution in [-0.4, -0.2) is 65.7 Å². The Morgan fingerprint density at radius 2 is 1.81 bits per heavy atom. The fraction of sp³-hybridized carbons (Fsp3) is 0.667. The highest BCUT2D eigenvalue weighted by Gasteiger charge is 2.37. The van der Waals surface area contributed by atoms with Crippen LogP contribution in [0.5, 0.6) is 11.5 Å². The highest BCUT2D eigenvalue weighted by atomic mass is 32.2. The van der Waals surface area contributed by atoms with Crippen LogP contribution >= 0.6 is 0 Å². The van der Waals surface area contributed by atoms with Gasteiger partial charge in [0.2, 0.25) is 10.0 Å². The maximum atomic E-state index is 13.9. The van der Waals surface area contributed by atoms with Gasteiger partial charge in [-0.15, -0.1) is 0 Å². The van der Waals surface area contributed by atoms with Crippen molar-refractivity contribution in [1.29, 1.82) is 0 Å². The molecule has 0 bridgehead atoms. The molecule has 0 saturated carbocycles. The van der Waals surface area contributed by atoms with Crippen molar-refractivity contribution in [3.05, 3.63) is 28.8 Å². The zero-order valence-corrected chi connectivity index (χ0v) is 23.2. The number of benzene rings is 1. The Kier molecular flexibility index (Phi) is 8.98. The molecular formula is C27H42N2O6S. The Balaban J connectivity index is 1.95. The average Bonchev–Trinajstić information content (AvgIpc) is 2.78. The van der Waals surface area contributed by atoms with Crippen molar-refractivity contribution < 1.29 is 28.2 Å². The second kappa shape index (κ2) is 11.4. The van der Waals surface area contributed by atoms with E-state index in [1.807, 2.05) is 13.0 Å². The molecule has 36 heavy (non-hydrogen) atoms. The summed E-state index contributed by atoms with van der Waals surface area (Å²) in [6.45, 7) is 10.1. The van der Waals surface area contributed by atoms with Crippen molar-refractivity contribution in [2.24, 2.45) is 0 Å². The molecule has 2 N–H and O–H groups in total. The molecule has 202 valence electrons. The Hall–Kier alpha value is -2.26. The van der Waals surface area contributed by atoms with Crippen molar-refractivity contribution in [3.8, 4) is 11.5 Å². The minimum absolute atomic E-state index is 0.0522. The maximum Gasteiger partial charge on any atom is 0.410 e. The summed E-state index contributed by atoms with van der Waals surface area (Å²) in [5.41, 5.74) is 1.26. The molecule has 1 aromatic carbocycles. The number of phenolic OH excluding ortho intramolecular Hbond substituents is 2. The number of unbranched alkanes of at least 4 members (excludes halogenated alkanes) is 2. The van der Waals surface area contributed by atoms with E-state index in [-0.39, 0.29) is 48.5 Å². The lowest BCUT2D eigenvalue weighted by molar-refractivity contribution is 0.0192. The summed E-state index contributed by atoms with van der Waals surface area (Å²) in [7, 11) is -4.06. The van der Waals surface area contributed by atoms with Gasteiger partial charge in [-0.1, -0.05) is 31.4 Å². The SMILES string of the molecule is CCCCCc1cc(O)c(C2C=C(C)CCC2)c(O)c1S(=O)(=O)N1CCN(C(=O)OC(C)(C)C)CC1. The Bertz CT molecular complexity index is 1080. The first-order valence-electron chi connectivity index (χ1n) is 13.1. The highest BCUT2D eigenvalue weighted by molar-refractivity contribution is 7.89. The predicted molar refractivity (Wildman–Crippen MR) is 140 cm³/mol. The summed E-state index contributed by atoms with van der Waals surface area (Å²) in [5.74, 6) is -0.628. The minimum Gasteiger partial charge on any atom is -0.507 e. The number of piperazine rings is 1. The van der Waals surface area contributed by atoms with E-state index in [1.54, 1.807) is 20.8 Å². The molecule has 0 radical (unpaired) electrons. The number of aromatic hydroxyl groups is 2. The molecule has 8 nitrogen and oxygen atoms in total. The second-order valence-electron chi connectivity index (χ2n) is 11.0. The molecule has 9 heteroatoms. The zero-order valence-electron chi connectivity index (χ0n) is 22.3. The number of phenols is 2. The standard InChI is InChI=1S/C27H42N2O6S/c1-6-7-8-11-21-18-22(30)23(20-12-9-10-19(2)17-20)24(31)25(21)36(33,34)29-15-13-28(14-16-29)26(32)35-27(3,4)5/h17-18,20,30-31H,6-16H2,1-5H3. The molecule has 0 spiro atoms. The molecule has 1 aliphatic carbocycles. The number of hydrogen-bond donors (Lipinski definition) is 2. The molecule has 1 unspecified atom stereocenters. The van der Waals surface area contributed by atoms with Crippen LogP contribution in [0.4, 0.5) is 4.79 Å². The van der Waals surface area contributed by atoms with Crippen molar-refractivity contribution in [2.75, 3.05) is 26.2 Å². The number of rotatable bonds is 7. The third kappa shape index (κ3) is 6.54. The van der Waals surface area contributed by atoms with Gasteiger partial charge in [-0.05, 0) is 71.4 Å². The van der Waals surface area contributed by atoms with Gasteiger partial charge in [-0.3, -0.25) is 0 Å². The summed E-state index contributed by atoms with van der Waals surface area (Å²) >= 11 is 0. The van der Waals surface area contributed by atoms with Gasteiger partial charge in [0.15, 0.2) is 0 Å². The van der Waals surface area contributed by atoms with Crippen LogP contribution < -0.4 is 0 Å². The van der Waals surface area contributed by atoms with Crippen molar-refractivity contribution in [2.45, 2.75) is 96.0 Å². The van der Waals surface area contributed by atoms with E-state index < -0.39 is 21.7 Å². The van der Waals surface area contributed by atoms with Gasteiger partial charge < -0.3 is 19.8 Å². The van der Waals surface area contributed by atoms with Crippen LogP contribution in [0.1, 0.15) is 90.2 Å². The van der Waals surface area contributed by atoms with E-state index in [9.17, 15) is 23.4 Å². The lowest BCUT2D eigenvalue weighted by Gasteiger charge is -2.35. The summed E-state index contributed by atoms with van der Waals surface area (Å²) in [4.78, 5) is 13.8. The number of sulfonamides is 1. The second-order valence-corrected chi connectivity index (χ2v) is 12.9. The Labute approximate surface area is 216 Å². The van der Waals surface area contributed by atoms with Crippen LogP contribution in [-0.2, 0) is 21.2 Å². The van der Waals surface area contributed by atoms with Gasteiger partial charge in [0.25, 0.3) is 0 Å². The van der Waals surface area contributed by atoms with Crippen LogP contribution in [0.15, 0.2) is 22.6 Å². The van der Waals surface area contributed by atoms with Gasteiger partial charge in [0, 0.05) is 37.7 Å². The summed E-state index contributed by atoms with van der Waals surface area (Å²) in [6, 6.07) is 1.53. The first-order chi connectivity index (χ1) is 16.8. The van der Waals surface area contributed by atoms with Gasteiger partial charge in [-0.25, -0.2) is 13.2 Å². The quantitative estimate of drug-likeness (QED) is 0.372. The first-order valence-corrected chi connectivity index (χ1v) is 14.5. The number of hydrogen-bond acceptors (Lipinski definition) is 6. The fourth-order valence-corrected chi connectivity index (χ4v) is 6.76. The number of nitrogens with zero attached hydrogens (tertiary/aromatic N) is 2. The number of amides is 1. The summed E-state index contributed by atoms with van der Waals surface area (Å²) in [6.07, 6.45) is 7.26. The topological polar surface area (TPSA) is 107 Å². The number of carbonyl (C=O) groups excluding carboxylic acids is 1. The maximum absolute atomic E-state index is 13.9. The van der Waals surface area contributed by atoms with Crippen LogP contribution in [0.25, 0.3) is 0 Å². The number of ether oxygens (including phenoxy) is 1. The molecule has 1 aliphatic heterocycles. The molecule has 1 atom stereocenters. The molecule has 3 rings (SSSR count). The van der Waals surface area contributed by atoms with E-state index in [0.717, 1.165) is 38.5 Å². The lowest BCUT2D eigenvalue weighted by atomic mass is 9.84. The Morgan fingerprint density at radius 1 is 1.14 bits per heavy atom. The molecule has 1 heterocycles. The number of aryl methyl sites for hydroxylation is 1. The largest absolute Gasteiger partial charge is 0.507 e. The monoisotopic (exact) mass is 522 g/mol. The first kappa shape index (κ1) is 28.3. The molecular weight excluding hydrogens is 480 g/mol. The fourth-order valence-electron chi connectivity index (χ4n) is 5.01. The van der Waals surface area contributed by atoms with E-state index in [4.69, 9.17) is 4.74 Å². The van der Waals surface area contributed by atoms with Crippen molar-refractivity contribution in [3.63, 3.8) is 0 Å². The van der Waals surface area contributed by atoms with Crippen molar-refractivity contribution >= 4 is 16.1 Å². The van der Waals surface area contributed by atoms with Crippen LogP contribution in [0.3, 0.4) is 0 Å². The molecule has 0 aromatic heterocycles. The van der Waals surface area contributed by atoms with Crippen LogP contribution in [0, 0.1) is 0 Å². The number of carbonyl (C=O) groups is 1. The number of allylic oxidation sites excluding steroid dienone is 2. The summed E-state index contributed by atoms with van der Waals surface area (Å²) in [5, 5.41) is 22.3. The predicted octanol–water partition coefficient (Wildman–Crippen LogP) is 5.29. The molecule has 2 aliphatic rings. The van der Waals surface area contributed by atoms with E-state index in [1.165, 1.54) is 20.8 Å². The zero-order chi connectivity index (χ0) is 26.7. The van der Waals surface area contributed by atoms with Crippen molar-refractivity contribution in [1.82, 2.24) is 9.21 Å². The van der Waals surface area contributed by atoms with E-state index in [0.29, 0.717) is 17.5 Å².